The van der Waals surface area contributed by atoms with Crippen molar-refractivity contribution in [3.05, 3.63) is 77.3 Å². The van der Waals surface area contributed by atoms with Crippen LogP contribution in [0.4, 0.5) is 10.1 Å². The molecule has 3 aromatic rings. The molecule has 0 atom stereocenters. The van der Waals surface area contributed by atoms with Crippen LogP contribution < -0.4 is 5.32 Å². The second kappa shape index (κ2) is 9.79. The van der Waals surface area contributed by atoms with Gasteiger partial charge in [-0.05, 0) is 55.8 Å². The van der Waals surface area contributed by atoms with Crippen LogP contribution >= 0.6 is 0 Å². The average Bonchev–Trinajstić information content (AvgIpc) is 3.08. The van der Waals surface area contributed by atoms with Crippen molar-refractivity contribution in [3.63, 3.8) is 0 Å². The number of hydrogen-bond donors (Lipinski definition) is 1. The molecule has 1 amide bonds. The molecule has 0 unspecified atom stereocenters. The number of piperazine rings is 1. The smallest absolute Gasteiger partial charge is 0.254 e. The number of carbonyl (C=O) groups is 1. The van der Waals surface area contributed by atoms with Gasteiger partial charge in [-0.25, -0.2) is 4.39 Å². The molecule has 1 aliphatic heterocycles. The maximum absolute atomic E-state index is 13.4. The van der Waals surface area contributed by atoms with Gasteiger partial charge in [-0.15, -0.1) is 6.58 Å². The molecular formula is C27H33FN4O. The molecule has 4 rings (SSSR count). The second-order valence-electron chi connectivity index (χ2n) is 8.74. The summed E-state index contributed by atoms with van der Waals surface area (Å²) < 4.78 is 15.6. The van der Waals surface area contributed by atoms with E-state index < -0.39 is 0 Å². The summed E-state index contributed by atoms with van der Waals surface area (Å²) in [5.41, 5.74) is 5.99. The van der Waals surface area contributed by atoms with Gasteiger partial charge in [0.15, 0.2) is 0 Å². The summed E-state index contributed by atoms with van der Waals surface area (Å²) in [4.78, 5) is 17.8. The van der Waals surface area contributed by atoms with Crippen molar-refractivity contribution in [1.29, 1.82) is 0 Å². The van der Waals surface area contributed by atoms with Crippen LogP contribution in [0, 0.1) is 19.7 Å². The fourth-order valence-corrected chi connectivity index (χ4v) is 4.64. The minimum absolute atomic E-state index is 0.0750. The summed E-state index contributed by atoms with van der Waals surface area (Å²) in [7, 11) is 0. The second-order valence-corrected chi connectivity index (χ2v) is 8.74. The lowest BCUT2D eigenvalue weighted by Gasteiger charge is -2.34. The van der Waals surface area contributed by atoms with E-state index in [1.54, 1.807) is 12.1 Å². The van der Waals surface area contributed by atoms with Gasteiger partial charge >= 0.3 is 0 Å². The molecule has 1 aliphatic rings. The minimum atomic E-state index is -0.247. The Kier molecular flexibility index (Phi) is 6.84. The van der Waals surface area contributed by atoms with E-state index in [2.05, 4.69) is 42.1 Å². The number of nitrogens with one attached hydrogen (secondary N) is 1. The van der Waals surface area contributed by atoms with Crippen molar-refractivity contribution in [1.82, 2.24) is 14.4 Å². The molecule has 5 nitrogen and oxygen atoms in total. The summed E-state index contributed by atoms with van der Waals surface area (Å²) in [6, 6.07) is 10.5. The van der Waals surface area contributed by atoms with Crippen molar-refractivity contribution in [3.8, 4) is 0 Å². The summed E-state index contributed by atoms with van der Waals surface area (Å²) >= 11 is 0. The standard InChI is InChI=1S/C27H33FN4O/c1-5-11-32-20(4)19(3)24-16-22(27(33)31-14-12-30(6-2)13-15-31)17-25(26(24)32)29-18-21-7-9-23(28)10-8-21/h5,7-10,16-17,29H,1,6,11-15,18H2,2-4H3. The first kappa shape index (κ1) is 23.1. The fraction of sp³-hybridized carbons (Fsp3) is 0.370. The normalized spacial score (nSPS) is 14.6. The lowest BCUT2D eigenvalue weighted by atomic mass is 10.1. The third-order valence-electron chi connectivity index (χ3n) is 6.79. The Hall–Kier alpha value is -3.12. The van der Waals surface area contributed by atoms with Crippen LogP contribution in [-0.4, -0.2) is 53.0 Å². The molecule has 0 aliphatic carbocycles. The van der Waals surface area contributed by atoms with Gasteiger partial charge in [0, 0.05) is 55.9 Å². The van der Waals surface area contributed by atoms with Crippen LogP contribution in [0.2, 0.25) is 0 Å². The first-order chi connectivity index (χ1) is 15.9. The molecule has 174 valence electrons. The molecule has 0 bridgehead atoms. The highest BCUT2D eigenvalue weighted by atomic mass is 19.1. The van der Waals surface area contributed by atoms with Crippen LogP contribution in [0.25, 0.3) is 10.9 Å². The summed E-state index contributed by atoms with van der Waals surface area (Å²) in [5.74, 6) is -0.172. The highest BCUT2D eigenvalue weighted by Crippen LogP contribution is 2.33. The number of anilines is 1. The Labute approximate surface area is 195 Å². The highest BCUT2D eigenvalue weighted by molar-refractivity contribution is 6.04. The van der Waals surface area contributed by atoms with E-state index in [9.17, 15) is 9.18 Å². The van der Waals surface area contributed by atoms with Gasteiger partial charge < -0.3 is 19.7 Å². The number of halogens is 1. The number of likely N-dealkylation sites (N-methyl/N-ethyl adjacent to an activating group) is 1. The molecule has 1 aromatic heterocycles. The average molecular weight is 449 g/mol. The van der Waals surface area contributed by atoms with Crippen molar-refractivity contribution < 1.29 is 9.18 Å². The molecular weight excluding hydrogens is 415 g/mol. The first-order valence-electron chi connectivity index (χ1n) is 11.7. The molecule has 1 saturated heterocycles. The largest absolute Gasteiger partial charge is 0.379 e. The van der Waals surface area contributed by atoms with Crippen LogP contribution in [0.15, 0.2) is 49.1 Å². The molecule has 0 radical (unpaired) electrons. The zero-order valence-corrected chi connectivity index (χ0v) is 19.8. The van der Waals surface area contributed by atoms with Crippen LogP contribution in [0.5, 0.6) is 0 Å². The van der Waals surface area contributed by atoms with Crippen molar-refractivity contribution in [2.24, 2.45) is 0 Å². The molecule has 2 heterocycles. The molecule has 33 heavy (non-hydrogen) atoms. The van der Waals surface area contributed by atoms with E-state index in [-0.39, 0.29) is 11.7 Å². The van der Waals surface area contributed by atoms with E-state index in [0.29, 0.717) is 18.7 Å². The van der Waals surface area contributed by atoms with Gasteiger partial charge in [-0.1, -0.05) is 25.1 Å². The van der Waals surface area contributed by atoms with E-state index in [4.69, 9.17) is 0 Å². The van der Waals surface area contributed by atoms with Gasteiger partial charge in [-0.2, -0.15) is 0 Å². The Bertz CT molecular complexity index is 1160. The molecule has 0 spiro atoms. The number of rotatable bonds is 7. The predicted molar refractivity (Wildman–Crippen MR) is 133 cm³/mol. The Morgan fingerprint density at radius 2 is 1.82 bits per heavy atom. The zero-order chi connectivity index (χ0) is 23.5. The van der Waals surface area contributed by atoms with Crippen molar-refractivity contribution >= 4 is 22.5 Å². The third-order valence-corrected chi connectivity index (χ3v) is 6.79. The molecule has 6 heteroatoms. The maximum atomic E-state index is 13.4. The number of fused-ring (bicyclic) bond motifs is 1. The predicted octanol–water partition coefficient (Wildman–Crippen LogP) is 4.97. The van der Waals surface area contributed by atoms with Crippen LogP contribution in [0.1, 0.15) is 34.1 Å². The van der Waals surface area contributed by atoms with E-state index in [1.165, 1.54) is 17.7 Å². The lowest BCUT2D eigenvalue weighted by molar-refractivity contribution is 0.0643. The van der Waals surface area contributed by atoms with Gasteiger partial charge in [0.25, 0.3) is 5.91 Å². The molecule has 1 N–H and O–H groups in total. The molecule has 0 saturated carbocycles. The number of amides is 1. The third kappa shape index (κ3) is 4.67. The number of carbonyl (C=O) groups excluding carboxylic acids is 1. The fourth-order valence-electron chi connectivity index (χ4n) is 4.64. The van der Waals surface area contributed by atoms with Crippen LogP contribution in [-0.2, 0) is 13.1 Å². The number of allylic oxidation sites excluding steroid dienone is 1. The van der Waals surface area contributed by atoms with E-state index in [0.717, 1.165) is 60.6 Å². The lowest BCUT2D eigenvalue weighted by Crippen LogP contribution is -2.48. The van der Waals surface area contributed by atoms with Crippen molar-refractivity contribution in [2.45, 2.75) is 33.9 Å². The number of nitrogens with zero attached hydrogens (tertiary/aromatic N) is 3. The Morgan fingerprint density at radius 3 is 2.45 bits per heavy atom. The number of benzene rings is 2. The van der Waals surface area contributed by atoms with Gasteiger partial charge in [0.2, 0.25) is 0 Å². The maximum Gasteiger partial charge on any atom is 0.254 e. The summed E-state index contributed by atoms with van der Waals surface area (Å²) in [6.45, 7) is 15.9. The van der Waals surface area contributed by atoms with Gasteiger partial charge in [0.1, 0.15) is 5.82 Å². The SMILES string of the molecule is C=CCn1c(C)c(C)c2cc(C(=O)N3CCN(CC)CC3)cc(NCc3ccc(F)cc3)c21. The molecule has 1 fully saturated rings. The quantitative estimate of drug-likeness (QED) is 0.519. The minimum Gasteiger partial charge on any atom is -0.379 e. The summed E-state index contributed by atoms with van der Waals surface area (Å²) in [5, 5.41) is 4.60. The van der Waals surface area contributed by atoms with E-state index in [1.807, 2.05) is 23.1 Å². The monoisotopic (exact) mass is 448 g/mol. The number of aryl methyl sites for hydroxylation is 1. The Balaban J connectivity index is 1.72. The zero-order valence-electron chi connectivity index (χ0n) is 19.8. The first-order valence-corrected chi connectivity index (χ1v) is 11.7. The molecule has 2 aromatic carbocycles. The topological polar surface area (TPSA) is 40.5 Å². The van der Waals surface area contributed by atoms with Gasteiger partial charge in [-0.3, -0.25) is 4.79 Å². The number of hydrogen-bond acceptors (Lipinski definition) is 3. The van der Waals surface area contributed by atoms with Crippen LogP contribution in [0.3, 0.4) is 0 Å². The van der Waals surface area contributed by atoms with Gasteiger partial charge in [0.05, 0.1) is 11.2 Å². The van der Waals surface area contributed by atoms with E-state index >= 15 is 0 Å². The Morgan fingerprint density at radius 1 is 1.12 bits per heavy atom. The van der Waals surface area contributed by atoms with Crippen molar-refractivity contribution in [2.75, 3.05) is 38.0 Å². The number of aromatic nitrogens is 1. The summed E-state index contributed by atoms with van der Waals surface area (Å²) in [6.07, 6.45) is 1.89. The highest BCUT2D eigenvalue weighted by Gasteiger charge is 2.24.